The van der Waals surface area contributed by atoms with Gasteiger partial charge in [-0.05, 0) is 49.8 Å². The SMILES string of the molecule is Cc1ccc(C)c(S(=O)(=O)NC2CCCC2CCl)c1. The van der Waals surface area contributed by atoms with Gasteiger partial charge in [-0.3, -0.25) is 0 Å². The van der Waals surface area contributed by atoms with Gasteiger partial charge in [0.05, 0.1) is 4.90 Å². The molecule has 0 radical (unpaired) electrons. The summed E-state index contributed by atoms with van der Waals surface area (Å²) >= 11 is 5.90. The van der Waals surface area contributed by atoms with Crippen LogP contribution in [0.15, 0.2) is 23.1 Å². The minimum absolute atomic E-state index is 0.0255. The van der Waals surface area contributed by atoms with Crippen molar-refractivity contribution in [1.29, 1.82) is 0 Å². The molecule has 1 aliphatic carbocycles. The van der Waals surface area contributed by atoms with Crippen LogP contribution in [0.2, 0.25) is 0 Å². The lowest BCUT2D eigenvalue weighted by Gasteiger charge is -2.19. The topological polar surface area (TPSA) is 46.2 Å². The maximum Gasteiger partial charge on any atom is 0.241 e. The first kappa shape index (κ1) is 14.8. The summed E-state index contributed by atoms with van der Waals surface area (Å²) in [5, 5.41) is 0. The molecule has 0 spiro atoms. The Labute approximate surface area is 120 Å². The summed E-state index contributed by atoms with van der Waals surface area (Å²) in [6.07, 6.45) is 2.92. The zero-order valence-electron chi connectivity index (χ0n) is 11.3. The summed E-state index contributed by atoms with van der Waals surface area (Å²) in [7, 11) is -3.45. The lowest BCUT2D eigenvalue weighted by molar-refractivity contribution is 0.480. The van der Waals surface area contributed by atoms with Crippen LogP contribution in [0.3, 0.4) is 0 Å². The standard InChI is InChI=1S/C14H20ClNO2S/c1-10-6-7-11(2)14(8-10)19(17,18)16-13-5-3-4-12(13)9-15/h6-8,12-13,16H,3-5,9H2,1-2H3. The van der Waals surface area contributed by atoms with Crippen LogP contribution in [-0.4, -0.2) is 20.3 Å². The van der Waals surface area contributed by atoms with E-state index in [1.54, 1.807) is 6.07 Å². The average molecular weight is 302 g/mol. The van der Waals surface area contributed by atoms with E-state index in [2.05, 4.69) is 4.72 Å². The number of nitrogens with one attached hydrogen (secondary N) is 1. The molecule has 1 N–H and O–H groups in total. The minimum Gasteiger partial charge on any atom is -0.208 e. The van der Waals surface area contributed by atoms with Gasteiger partial charge in [-0.15, -0.1) is 11.6 Å². The van der Waals surface area contributed by atoms with E-state index in [0.717, 1.165) is 30.4 Å². The van der Waals surface area contributed by atoms with Crippen molar-refractivity contribution in [2.24, 2.45) is 5.92 Å². The molecule has 0 amide bonds. The third-order valence-corrected chi connectivity index (χ3v) is 5.83. The second kappa shape index (κ2) is 5.81. The van der Waals surface area contributed by atoms with E-state index in [1.165, 1.54) is 0 Å². The normalized spacial score (nSPS) is 23.7. The zero-order chi connectivity index (χ0) is 14.0. The van der Waals surface area contributed by atoms with E-state index in [4.69, 9.17) is 11.6 Å². The molecule has 0 saturated heterocycles. The largest absolute Gasteiger partial charge is 0.241 e. The number of halogens is 1. The zero-order valence-corrected chi connectivity index (χ0v) is 12.9. The number of alkyl halides is 1. The number of hydrogen-bond donors (Lipinski definition) is 1. The van der Waals surface area contributed by atoms with Gasteiger partial charge in [0.15, 0.2) is 0 Å². The number of rotatable bonds is 4. The maximum atomic E-state index is 12.5. The van der Waals surface area contributed by atoms with Gasteiger partial charge < -0.3 is 0 Å². The predicted octanol–water partition coefficient (Wildman–Crippen LogP) is 2.99. The van der Waals surface area contributed by atoms with Gasteiger partial charge in [0, 0.05) is 11.9 Å². The smallest absolute Gasteiger partial charge is 0.208 e. The first-order valence-electron chi connectivity index (χ1n) is 6.59. The molecule has 5 heteroatoms. The van der Waals surface area contributed by atoms with Crippen molar-refractivity contribution in [1.82, 2.24) is 4.72 Å². The lowest BCUT2D eigenvalue weighted by Crippen LogP contribution is -2.38. The van der Waals surface area contributed by atoms with E-state index in [-0.39, 0.29) is 12.0 Å². The summed E-state index contributed by atoms with van der Waals surface area (Å²) in [4.78, 5) is 0.382. The van der Waals surface area contributed by atoms with Crippen LogP contribution >= 0.6 is 11.6 Å². The molecule has 2 rings (SSSR count). The van der Waals surface area contributed by atoms with Crippen LogP contribution in [0, 0.1) is 19.8 Å². The number of hydrogen-bond acceptors (Lipinski definition) is 2. The number of benzene rings is 1. The van der Waals surface area contributed by atoms with E-state index >= 15 is 0 Å². The van der Waals surface area contributed by atoms with Crippen LogP contribution in [0.4, 0.5) is 0 Å². The molecule has 0 aromatic heterocycles. The van der Waals surface area contributed by atoms with Crippen LogP contribution in [0.25, 0.3) is 0 Å². The summed E-state index contributed by atoms with van der Waals surface area (Å²) < 4.78 is 27.8. The Morgan fingerprint density at radius 1 is 1.32 bits per heavy atom. The monoisotopic (exact) mass is 301 g/mol. The fraction of sp³-hybridized carbons (Fsp3) is 0.571. The summed E-state index contributed by atoms with van der Waals surface area (Å²) in [6.45, 7) is 3.72. The Balaban J connectivity index is 2.25. The molecule has 1 aromatic rings. The highest BCUT2D eigenvalue weighted by Gasteiger charge is 2.31. The molecular weight excluding hydrogens is 282 g/mol. The Morgan fingerprint density at radius 3 is 2.74 bits per heavy atom. The molecule has 1 fully saturated rings. The molecule has 0 heterocycles. The number of sulfonamides is 1. The van der Waals surface area contributed by atoms with Gasteiger partial charge in [0.25, 0.3) is 0 Å². The first-order chi connectivity index (χ1) is 8.94. The first-order valence-corrected chi connectivity index (χ1v) is 8.61. The number of aryl methyl sites for hydroxylation is 2. The predicted molar refractivity (Wildman–Crippen MR) is 78.1 cm³/mol. The van der Waals surface area contributed by atoms with Crippen molar-refractivity contribution < 1.29 is 8.42 Å². The van der Waals surface area contributed by atoms with Crippen molar-refractivity contribution in [2.75, 3.05) is 5.88 Å². The molecule has 0 bridgehead atoms. The average Bonchev–Trinajstić information content (AvgIpc) is 2.78. The van der Waals surface area contributed by atoms with Gasteiger partial charge in [-0.1, -0.05) is 18.6 Å². The van der Waals surface area contributed by atoms with E-state index in [9.17, 15) is 8.42 Å². The summed E-state index contributed by atoms with van der Waals surface area (Å²) in [6, 6.07) is 5.47. The van der Waals surface area contributed by atoms with Crippen molar-refractivity contribution in [3.63, 3.8) is 0 Å². The van der Waals surface area contributed by atoms with Gasteiger partial charge in [-0.2, -0.15) is 0 Å². The molecule has 2 unspecified atom stereocenters. The van der Waals surface area contributed by atoms with Crippen LogP contribution in [0.5, 0.6) is 0 Å². The second-order valence-corrected chi connectivity index (χ2v) is 7.33. The summed E-state index contributed by atoms with van der Waals surface area (Å²) in [5.41, 5.74) is 1.73. The highest BCUT2D eigenvalue weighted by atomic mass is 35.5. The van der Waals surface area contributed by atoms with Gasteiger partial charge >= 0.3 is 0 Å². The van der Waals surface area contributed by atoms with Gasteiger partial charge in [0.2, 0.25) is 10.0 Å². The van der Waals surface area contributed by atoms with Crippen molar-refractivity contribution in [3.05, 3.63) is 29.3 Å². The van der Waals surface area contributed by atoms with Crippen molar-refractivity contribution in [3.8, 4) is 0 Å². The molecule has 0 aliphatic heterocycles. The molecule has 1 aromatic carbocycles. The van der Waals surface area contributed by atoms with Crippen molar-refractivity contribution >= 4 is 21.6 Å². The maximum absolute atomic E-state index is 12.5. The van der Waals surface area contributed by atoms with E-state index < -0.39 is 10.0 Å². The third-order valence-electron chi connectivity index (χ3n) is 3.80. The molecule has 3 nitrogen and oxygen atoms in total. The Morgan fingerprint density at radius 2 is 2.05 bits per heavy atom. The Kier molecular flexibility index (Phi) is 4.54. The van der Waals surface area contributed by atoms with E-state index in [1.807, 2.05) is 26.0 Å². The molecule has 106 valence electrons. The molecule has 1 saturated carbocycles. The summed E-state index contributed by atoms with van der Waals surface area (Å²) in [5.74, 6) is 0.765. The molecule has 19 heavy (non-hydrogen) atoms. The van der Waals surface area contributed by atoms with Gasteiger partial charge in [-0.25, -0.2) is 13.1 Å². The molecule has 1 aliphatic rings. The molecular formula is C14H20ClNO2S. The molecule has 2 atom stereocenters. The lowest BCUT2D eigenvalue weighted by atomic mass is 10.1. The highest BCUT2D eigenvalue weighted by Crippen LogP contribution is 2.28. The Hall–Kier alpha value is -0.580. The minimum atomic E-state index is -3.45. The second-order valence-electron chi connectivity index (χ2n) is 5.34. The quantitative estimate of drug-likeness (QED) is 0.869. The fourth-order valence-corrected chi connectivity index (χ4v) is 4.67. The van der Waals surface area contributed by atoms with Crippen molar-refractivity contribution in [2.45, 2.75) is 44.0 Å². The van der Waals surface area contributed by atoms with Crippen LogP contribution in [0.1, 0.15) is 30.4 Å². The highest BCUT2D eigenvalue weighted by molar-refractivity contribution is 7.89. The van der Waals surface area contributed by atoms with E-state index in [0.29, 0.717) is 10.8 Å². The van der Waals surface area contributed by atoms with Crippen LogP contribution < -0.4 is 4.72 Å². The fourth-order valence-electron chi connectivity index (χ4n) is 2.64. The van der Waals surface area contributed by atoms with Crippen LogP contribution in [-0.2, 0) is 10.0 Å². The van der Waals surface area contributed by atoms with Gasteiger partial charge in [0.1, 0.15) is 0 Å². The third kappa shape index (κ3) is 3.30. The Bertz CT molecular complexity index is 557.